The maximum Gasteiger partial charge on any atom is 0.261 e. The van der Waals surface area contributed by atoms with Gasteiger partial charge in [-0.1, -0.05) is 66.2 Å². The van der Waals surface area contributed by atoms with Gasteiger partial charge in [-0.3, -0.25) is 9.59 Å². The normalized spacial score (nSPS) is 11.7. The van der Waals surface area contributed by atoms with E-state index in [1.54, 1.807) is 48.5 Å². The van der Waals surface area contributed by atoms with E-state index in [2.05, 4.69) is 5.32 Å². The van der Waals surface area contributed by atoms with Gasteiger partial charge in [0.15, 0.2) is 6.61 Å². The number of hydrogen-bond donors (Lipinski definition) is 1. The van der Waals surface area contributed by atoms with Gasteiger partial charge in [-0.15, -0.1) is 0 Å². The Bertz CT molecular complexity index is 1140. The maximum absolute atomic E-state index is 13.6. The van der Waals surface area contributed by atoms with Crippen LogP contribution in [0.15, 0.2) is 78.9 Å². The molecule has 6 nitrogen and oxygen atoms in total. The zero-order chi connectivity index (χ0) is 26.6. The third-order valence-corrected chi connectivity index (χ3v) is 5.83. The van der Waals surface area contributed by atoms with Crippen LogP contribution < -0.4 is 10.1 Å². The highest BCUT2D eigenvalue weighted by Gasteiger charge is 2.31. The van der Waals surface area contributed by atoms with Gasteiger partial charge in [-0.25, -0.2) is 4.39 Å². The fraction of sp³-hybridized carbons (Fsp3) is 0.310. The van der Waals surface area contributed by atoms with Crippen molar-refractivity contribution < 1.29 is 23.5 Å². The number of carbonyl (C=O) groups excluding carboxylic acids is 2. The Morgan fingerprint density at radius 2 is 1.65 bits per heavy atom. The van der Waals surface area contributed by atoms with Crippen molar-refractivity contribution in [3.63, 3.8) is 0 Å². The minimum atomic E-state index is -0.931. The van der Waals surface area contributed by atoms with Crippen LogP contribution in [0.3, 0.4) is 0 Å². The number of ether oxygens (including phenoxy) is 2. The number of amides is 2. The molecule has 0 aliphatic carbocycles. The van der Waals surface area contributed by atoms with Gasteiger partial charge in [0.25, 0.3) is 5.91 Å². The average Bonchev–Trinajstić information content (AvgIpc) is 2.89. The van der Waals surface area contributed by atoms with E-state index in [1.165, 1.54) is 17.0 Å². The van der Waals surface area contributed by atoms with E-state index in [4.69, 9.17) is 21.1 Å². The summed E-state index contributed by atoms with van der Waals surface area (Å²) in [5, 5.41) is 3.31. The number of rotatable bonds is 13. The second kappa shape index (κ2) is 14.4. The van der Waals surface area contributed by atoms with Crippen LogP contribution in [0.25, 0.3) is 0 Å². The molecule has 0 fully saturated rings. The van der Waals surface area contributed by atoms with Crippen LogP contribution in [0.1, 0.15) is 37.4 Å². The summed E-state index contributed by atoms with van der Waals surface area (Å²) < 4.78 is 24.8. The van der Waals surface area contributed by atoms with Crippen LogP contribution in [0.2, 0.25) is 5.02 Å². The molecule has 37 heavy (non-hydrogen) atoms. The molecule has 2 amide bonds. The highest BCUT2D eigenvalue weighted by molar-refractivity contribution is 6.32. The Hall–Kier alpha value is -3.42. The number of nitrogens with zero attached hydrogens (tertiary/aromatic N) is 1. The smallest absolute Gasteiger partial charge is 0.261 e. The van der Waals surface area contributed by atoms with Gasteiger partial charge in [0.05, 0.1) is 11.1 Å². The number of halogens is 2. The molecule has 0 bridgehead atoms. The number of hydrogen-bond acceptors (Lipinski definition) is 4. The van der Waals surface area contributed by atoms with Crippen molar-refractivity contribution in [1.82, 2.24) is 10.2 Å². The second-order valence-corrected chi connectivity index (χ2v) is 9.15. The SMILES string of the molecule is CC(C)OCCCNC(=O)[C@H](c1ccccc1)N(Cc1ccc(F)cc1)C(=O)COc1ccccc1Cl. The molecular formula is C29H32ClFN2O4. The van der Waals surface area contributed by atoms with Crippen LogP contribution in [0.5, 0.6) is 5.75 Å². The van der Waals surface area contributed by atoms with Gasteiger partial charge in [0.2, 0.25) is 5.91 Å². The Balaban J connectivity index is 1.85. The van der Waals surface area contributed by atoms with Crippen LogP contribution in [0.4, 0.5) is 4.39 Å². The lowest BCUT2D eigenvalue weighted by Crippen LogP contribution is -2.45. The zero-order valence-electron chi connectivity index (χ0n) is 21.0. The third kappa shape index (κ3) is 8.88. The summed E-state index contributed by atoms with van der Waals surface area (Å²) in [6, 6.07) is 20.8. The summed E-state index contributed by atoms with van der Waals surface area (Å²) in [6.45, 7) is 4.56. The summed E-state index contributed by atoms with van der Waals surface area (Å²) in [6.07, 6.45) is 0.738. The van der Waals surface area contributed by atoms with Crippen LogP contribution in [-0.4, -0.2) is 42.6 Å². The quantitative estimate of drug-likeness (QED) is 0.296. The molecule has 1 atom stereocenters. The molecular weight excluding hydrogens is 495 g/mol. The molecule has 0 saturated carbocycles. The highest BCUT2D eigenvalue weighted by Crippen LogP contribution is 2.26. The van der Waals surface area contributed by atoms with Crippen molar-refractivity contribution in [2.75, 3.05) is 19.8 Å². The highest BCUT2D eigenvalue weighted by atomic mass is 35.5. The lowest BCUT2D eigenvalue weighted by molar-refractivity contribution is -0.143. The van der Waals surface area contributed by atoms with Crippen molar-refractivity contribution >= 4 is 23.4 Å². The molecule has 3 aromatic carbocycles. The molecule has 0 heterocycles. The molecule has 3 rings (SSSR count). The van der Waals surface area contributed by atoms with E-state index < -0.39 is 11.9 Å². The molecule has 1 N–H and O–H groups in total. The molecule has 0 saturated heterocycles. The van der Waals surface area contributed by atoms with Crippen molar-refractivity contribution in [2.45, 2.75) is 39.0 Å². The van der Waals surface area contributed by atoms with Crippen molar-refractivity contribution in [3.8, 4) is 5.75 Å². The standard InChI is InChI=1S/C29H32ClFN2O4/c1-21(2)36-18-8-17-32-29(35)28(23-9-4-3-5-10-23)33(19-22-13-15-24(31)16-14-22)27(34)20-37-26-12-7-6-11-25(26)30/h3-7,9-16,21,28H,8,17-20H2,1-2H3,(H,32,35)/t28-/m0/s1. The van der Waals surface area contributed by atoms with Crippen LogP contribution >= 0.6 is 11.6 Å². The molecule has 0 unspecified atom stereocenters. The van der Waals surface area contributed by atoms with Gasteiger partial charge in [0, 0.05) is 19.7 Å². The number of benzene rings is 3. The maximum atomic E-state index is 13.6. The van der Waals surface area contributed by atoms with Crippen LogP contribution in [0, 0.1) is 5.82 Å². The number of nitrogens with one attached hydrogen (secondary N) is 1. The Kier molecular flexibility index (Phi) is 10.9. The first-order valence-corrected chi connectivity index (χ1v) is 12.6. The average molecular weight is 527 g/mol. The first-order chi connectivity index (χ1) is 17.8. The summed E-state index contributed by atoms with van der Waals surface area (Å²) in [7, 11) is 0. The molecule has 3 aromatic rings. The number of para-hydroxylation sites is 1. The van der Waals surface area contributed by atoms with E-state index in [9.17, 15) is 14.0 Å². The molecule has 0 radical (unpaired) electrons. The van der Waals surface area contributed by atoms with Gasteiger partial charge in [0.1, 0.15) is 17.6 Å². The Morgan fingerprint density at radius 1 is 0.973 bits per heavy atom. The van der Waals surface area contributed by atoms with Gasteiger partial charge in [-0.2, -0.15) is 0 Å². The first kappa shape index (κ1) is 28.2. The van der Waals surface area contributed by atoms with E-state index in [0.29, 0.717) is 41.5 Å². The largest absolute Gasteiger partial charge is 0.482 e. The zero-order valence-corrected chi connectivity index (χ0v) is 21.8. The Morgan fingerprint density at radius 3 is 2.32 bits per heavy atom. The predicted molar refractivity (Wildman–Crippen MR) is 142 cm³/mol. The van der Waals surface area contributed by atoms with Crippen molar-refractivity contribution in [3.05, 3.63) is 101 Å². The van der Waals surface area contributed by atoms with E-state index in [0.717, 1.165) is 0 Å². The lowest BCUT2D eigenvalue weighted by Gasteiger charge is -2.31. The fourth-order valence-corrected chi connectivity index (χ4v) is 3.89. The lowest BCUT2D eigenvalue weighted by atomic mass is 10.0. The summed E-state index contributed by atoms with van der Waals surface area (Å²) in [4.78, 5) is 28.5. The molecule has 0 aromatic heterocycles. The van der Waals surface area contributed by atoms with Gasteiger partial charge in [-0.05, 0) is 55.7 Å². The van der Waals surface area contributed by atoms with Crippen molar-refractivity contribution in [1.29, 1.82) is 0 Å². The topological polar surface area (TPSA) is 67.9 Å². The third-order valence-electron chi connectivity index (χ3n) is 5.52. The minimum absolute atomic E-state index is 0.0778. The summed E-state index contributed by atoms with van der Waals surface area (Å²) in [5.74, 6) is -0.768. The molecule has 0 spiro atoms. The van der Waals surface area contributed by atoms with Gasteiger partial charge < -0.3 is 19.7 Å². The molecule has 196 valence electrons. The van der Waals surface area contributed by atoms with Gasteiger partial charge >= 0.3 is 0 Å². The monoisotopic (exact) mass is 526 g/mol. The van der Waals surface area contributed by atoms with E-state index in [1.807, 2.05) is 32.0 Å². The Labute approximate surface area is 222 Å². The summed E-state index contributed by atoms with van der Waals surface area (Å²) in [5.41, 5.74) is 1.32. The minimum Gasteiger partial charge on any atom is -0.482 e. The predicted octanol–water partition coefficient (Wildman–Crippen LogP) is 5.56. The molecule has 0 aliphatic heterocycles. The summed E-state index contributed by atoms with van der Waals surface area (Å²) >= 11 is 6.18. The molecule has 8 heteroatoms. The first-order valence-electron chi connectivity index (χ1n) is 12.2. The van der Waals surface area contributed by atoms with Crippen molar-refractivity contribution in [2.24, 2.45) is 0 Å². The second-order valence-electron chi connectivity index (χ2n) is 8.74. The fourth-order valence-electron chi connectivity index (χ4n) is 3.70. The van der Waals surface area contributed by atoms with E-state index >= 15 is 0 Å². The van der Waals surface area contributed by atoms with E-state index in [-0.39, 0.29) is 31.0 Å². The molecule has 0 aliphatic rings. The number of carbonyl (C=O) groups is 2. The van der Waals surface area contributed by atoms with Crippen LogP contribution in [-0.2, 0) is 20.9 Å².